The molecule has 0 aliphatic heterocycles. The SMILES string of the molecule is COC(=O)C[N+](C)(C)CC(C)O. The van der Waals surface area contributed by atoms with Crippen LogP contribution in [0.1, 0.15) is 6.92 Å². The van der Waals surface area contributed by atoms with Crippen LogP contribution in [0.25, 0.3) is 0 Å². The number of carbonyl (C=O) groups excluding carboxylic acids is 1. The molecule has 0 aliphatic carbocycles. The first-order valence-corrected chi connectivity index (χ1v) is 3.94. The number of aliphatic hydroxyl groups is 1. The second kappa shape index (κ2) is 4.42. The van der Waals surface area contributed by atoms with Crippen molar-refractivity contribution in [3.05, 3.63) is 0 Å². The lowest BCUT2D eigenvalue weighted by Gasteiger charge is -2.29. The molecule has 0 amide bonds. The van der Waals surface area contributed by atoms with E-state index < -0.39 is 6.10 Å². The number of aliphatic hydroxyl groups excluding tert-OH is 1. The fraction of sp³-hybridized carbons (Fsp3) is 0.875. The van der Waals surface area contributed by atoms with E-state index in [0.717, 1.165) is 0 Å². The highest BCUT2D eigenvalue weighted by Crippen LogP contribution is 1.99. The Kier molecular flexibility index (Phi) is 4.20. The van der Waals surface area contributed by atoms with Gasteiger partial charge in [0.25, 0.3) is 0 Å². The zero-order valence-corrected chi connectivity index (χ0v) is 8.20. The van der Waals surface area contributed by atoms with Crippen LogP contribution in [0.15, 0.2) is 0 Å². The van der Waals surface area contributed by atoms with Gasteiger partial charge in [-0.15, -0.1) is 0 Å². The van der Waals surface area contributed by atoms with Gasteiger partial charge in [-0.2, -0.15) is 0 Å². The Morgan fingerprint density at radius 3 is 2.42 bits per heavy atom. The molecule has 0 rings (SSSR count). The summed E-state index contributed by atoms with van der Waals surface area (Å²) in [5.74, 6) is -0.249. The lowest BCUT2D eigenvalue weighted by Crippen LogP contribution is -2.48. The van der Waals surface area contributed by atoms with Crippen LogP contribution in [0, 0.1) is 0 Å². The predicted molar refractivity (Wildman–Crippen MR) is 45.5 cm³/mol. The zero-order chi connectivity index (χ0) is 9.78. The number of carbonyl (C=O) groups is 1. The van der Waals surface area contributed by atoms with Crippen LogP contribution in [-0.4, -0.2) is 56.0 Å². The van der Waals surface area contributed by atoms with Crippen LogP contribution in [0.3, 0.4) is 0 Å². The van der Waals surface area contributed by atoms with Crippen molar-refractivity contribution in [2.45, 2.75) is 13.0 Å². The number of ether oxygens (including phenoxy) is 1. The van der Waals surface area contributed by atoms with Gasteiger partial charge in [-0.1, -0.05) is 0 Å². The molecule has 1 N–H and O–H groups in total. The standard InChI is InChI=1S/C8H18NO3/c1-7(10)5-9(2,3)6-8(11)12-4/h7,10H,5-6H2,1-4H3/q+1. The minimum Gasteiger partial charge on any atom is -0.465 e. The summed E-state index contributed by atoms with van der Waals surface area (Å²) in [5, 5.41) is 9.11. The number of hydrogen-bond donors (Lipinski definition) is 1. The molecular formula is C8H18NO3+. The Morgan fingerprint density at radius 1 is 1.58 bits per heavy atom. The van der Waals surface area contributed by atoms with Gasteiger partial charge in [0, 0.05) is 0 Å². The Hall–Kier alpha value is -0.610. The third kappa shape index (κ3) is 5.09. The van der Waals surface area contributed by atoms with Crippen molar-refractivity contribution in [3.63, 3.8) is 0 Å². The molecule has 72 valence electrons. The lowest BCUT2D eigenvalue weighted by atomic mass is 10.3. The highest BCUT2D eigenvalue weighted by atomic mass is 16.5. The summed E-state index contributed by atoms with van der Waals surface area (Å²) < 4.78 is 4.98. The van der Waals surface area contributed by atoms with Crippen LogP contribution >= 0.6 is 0 Å². The van der Waals surface area contributed by atoms with Gasteiger partial charge >= 0.3 is 5.97 Å². The molecule has 0 aromatic heterocycles. The van der Waals surface area contributed by atoms with Crippen molar-refractivity contribution >= 4 is 5.97 Å². The Labute approximate surface area is 73.3 Å². The van der Waals surface area contributed by atoms with E-state index in [1.54, 1.807) is 6.92 Å². The minimum absolute atomic E-state index is 0.249. The molecule has 0 fully saturated rings. The first-order chi connectivity index (χ1) is 5.37. The van der Waals surface area contributed by atoms with E-state index in [1.807, 2.05) is 14.1 Å². The summed E-state index contributed by atoms with van der Waals surface area (Å²) in [5.41, 5.74) is 0. The summed E-state index contributed by atoms with van der Waals surface area (Å²) in [7, 11) is 5.12. The Balaban J connectivity index is 3.94. The van der Waals surface area contributed by atoms with Crippen LogP contribution < -0.4 is 0 Å². The van der Waals surface area contributed by atoms with E-state index in [-0.39, 0.29) is 5.97 Å². The van der Waals surface area contributed by atoms with Crippen LogP contribution in [0.2, 0.25) is 0 Å². The number of methoxy groups -OCH3 is 1. The second-order valence-corrected chi connectivity index (χ2v) is 3.70. The van der Waals surface area contributed by atoms with Gasteiger partial charge in [0.1, 0.15) is 12.6 Å². The van der Waals surface area contributed by atoms with Gasteiger partial charge in [-0.3, -0.25) is 0 Å². The molecule has 4 nitrogen and oxygen atoms in total. The number of hydrogen-bond acceptors (Lipinski definition) is 3. The summed E-state index contributed by atoms with van der Waals surface area (Å²) in [6.45, 7) is 2.55. The molecule has 1 unspecified atom stereocenters. The molecular weight excluding hydrogens is 158 g/mol. The molecule has 0 aliphatic rings. The third-order valence-corrected chi connectivity index (χ3v) is 1.54. The molecule has 0 saturated carbocycles. The molecule has 0 aromatic rings. The van der Waals surface area contributed by atoms with Crippen LogP contribution in [-0.2, 0) is 9.53 Å². The van der Waals surface area contributed by atoms with E-state index in [4.69, 9.17) is 5.11 Å². The first-order valence-electron chi connectivity index (χ1n) is 3.94. The van der Waals surface area contributed by atoms with E-state index >= 15 is 0 Å². The summed E-state index contributed by atoms with van der Waals surface area (Å²) >= 11 is 0. The van der Waals surface area contributed by atoms with Crippen LogP contribution in [0.4, 0.5) is 0 Å². The maximum atomic E-state index is 10.9. The van der Waals surface area contributed by atoms with Gasteiger partial charge < -0.3 is 14.3 Å². The van der Waals surface area contributed by atoms with Crippen molar-refractivity contribution in [3.8, 4) is 0 Å². The minimum atomic E-state index is -0.398. The fourth-order valence-corrected chi connectivity index (χ4v) is 1.19. The zero-order valence-electron chi connectivity index (χ0n) is 8.20. The number of rotatable bonds is 4. The largest absolute Gasteiger partial charge is 0.465 e. The number of esters is 1. The van der Waals surface area contributed by atoms with Crippen molar-refractivity contribution in [1.82, 2.24) is 0 Å². The highest BCUT2D eigenvalue weighted by molar-refractivity contribution is 5.70. The Morgan fingerprint density at radius 2 is 2.08 bits per heavy atom. The van der Waals surface area contributed by atoms with E-state index in [0.29, 0.717) is 17.6 Å². The molecule has 0 aromatic carbocycles. The van der Waals surface area contributed by atoms with Crippen molar-refractivity contribution < 1.29 is 19.1 Å². The summed E-state index contributed by atoms with van der Waals surface area (Å²) in [4.78, 5) is 10.9. The first kappa shape index (κ1) is 11.4. The molecule has 0 radical (unpaired) electrons. The number of likely N-dealkylation sites (N-methyl/N-ethyl adjacent to an activating group) is 1. The monoisotopic (exact) mass is 176 g/mol. The molecule has 1 atom stereocenters. The lowest BCUT2D eigenvalue weighted by molar-refractivity contribution is -0.885. The van der Waals surface area contributed by atoms with Gasteiger partial charge in [0.2, 0.25) is 0 Å². The van der Waals surface area contributed by atoms with Gasteiger partial charge in [-0.25, -0.2) is 4.79 Å². The van der Waals surface area contributed by atoms with Gasteiger partial charge in [0.05, 0.1) is 21.2 Å². The fourth-order valence-electron chi connectivity index (χ4n) is 1.19. The Bertz CT molecular complexity index is 154. The smallest absolute Gasteiger partial charge is 0.361 e. The molecule has 0 bridgehead atoms. The molecule has 12 heavy (non-hydrogen) atoms. The van der Waals surface area contributed by atoms with Crippen LogP contribution in [0.5, 0.6) is 0 Å². The van der Waals surface area contributed by atoms with Gasteiger partial charge in [-0.05, 0) is 6.92 Å². The third-order valence-electron chi connectivity index (χ3n) is 1.54. The number of quaternary nitrogens is 1. The molecule has 0 saturated heterocycles. The average Bonchev–Trinajstić information content (AvgIpc) is 1.83. The van der Waals surface area contributed by atoms with E-state index in [9.17, 15) is 4.79 Å². The number of nitrogens with zero attached hydrogens (tertiary/aromatic N) is 1. The highest BCUT2D eigenvalue weighted by Gasteiger charge is 2.22. The molecule has 0 spiro atoms. The normalized spacial score (nSPS) is 14.1. The molecule has 4 heteroatoms. The predicted octanol–water partition coefficient (Wildman–Crippen LogP) is -0.383. The van der Waals surface area contributed by atoms with E-state index in [1.165, 1.54) is 7.11 Å². The van der Waals surface area contributed by atoms with Gasteiger partial charge in [0.15, 0.2) is 6.54 Å². The summed E-state index contributed by atoms with van der Waals surface area (Å²) in [6.07, 6.45) is -0.398. The van der Waals surface area contributed by atoms with Crippen molar-refractivity contribution in [2.75, 3.05) is 34.3 Å². The topological polar surface area (TPSA) is 46.5 Å². The molecule has 0 heterocycles. The quantitative estimate of drug-likeness (QED) is 0.469. The van der Waals surface area contributed by atoms with Crippen molar-refractivity contribution in [2.24, 2.45) is 0 Å². The maximum Gasteiger partial charge on any atom is 0.361 e. The van der Waals surface area contributed by atoms with Crippen molar-refractivity contribution in [1.29, 1.82) is 0 Å². The second-order valence-electron chi connectivity index (χ2n) is 3.70. The summed E-state index contributed by atoms with van der Waals surface area (Å²) in [6, 6.07) is 0. The maximum absolute atomic E-state index is 10.9. The van der Waals surface area contributed by atoms with E-state index in [2.05, 4.69) is 4.74 Å². The average molecular weight is 176 g/mol.